The fraction of sp³-hybridized carbons (Fsp3) is 0.615. The van der Waals surface area contributed by atoms with E-state index in [0.29, 0.717) is 12.6 Å². The van der Waals surface area contributed by atoms with Crippen LogP contribution in [0.5, 0.6) is 0 Å². The van der Waals surface area contributed by atoms with E-state index in [4.69, 9.17) is 16.3 Å². The molecular weight excluding hydrogens is 250 g/mol. The van der Waals surface area contributed by atoms with Crippen molar-refractivity contribution in [2.45, 2.75) is 26.4 Å². The van der Waals surface area contributed by atoms with Gasteiger partial charge in [-0.3, -0.25) is 0 Å². The third-order valence-corrected chi connectivity index (χ3v) is 3.45. The standard InChI is InChI=1S/C13H20ClN3O/c1-3-15-8-12-11(14)4-5-13(16-12)17-6-7-18-9-10(17)2/h4-5,10,15H,3,6-9H2,1-2H3. The molecule has 1 N–H and O–H groups in total. The van der Waals surface area contributed by atoms with Crippen molar-refractivity contribution in [2.75, 3.05) is 31.2 Å². The Kier molecular flexibility index (Phi) is 4.80. The molecule has 18 heavy (non-hydrogen) atoms. The highest BCUT2D eigenvalue weighted by atomic mass is 35.5. The Morgan fingerprint density at radius 3 is 3.11 bits per heavy atom. The van der Waals surface area contributed by atoms with Gasteiger partial charge < -0.3 is 15.0 Å². The minimum atomic E-state index is 0.361. The highest BCUT2D eigenvalue weighted by molar-refractivity contribution is 6.31. The second kappa shape index (κ2) is 6.36. The largest absolute Gasteiger partial charge is 0.377 e. The number of nitrogens with zero attached hydrogens (tertiary/aromatic N) is 2. The summed E-state index contributed by atoms with van der Waals surface area (Å²) >= 11 is 6.16. The summed E-state index contributed by atoms with van der Waals surface area (Å²) in [5, 5.41) is 3.98. The van der Waals surface area contributed by atoms with Crippen molar-refractivity contribution in [1.29, 1.82) is 0 Å². The molecule has 1 aromatic rings. The number of nitrogens with one attached hydrogen (secondary N) is 1. The summed E-state index contributed by atoms with van der Waals surface area (Å²) in [6.45, 7) is 8.25. The quantitative estimate of drug-likeness (QED) is 0.908. The van der Waals surface area contributed by atoms with Crippen LogP contribution in [0.4, 0.5) is 5.82 Å². The van der Waals surface area contributed by atoms with E-state index in [-0.39, 0.29) is 0 Å². The van der Waals surface area contributed by atoms with Crippen LogP contribution < -0.4 is 10.2 Å². The highest BCUT2D eigenvalue weighted by Crippen LogP contribution is 2.22. The lowest BCUT2D eigenvalue weighted by atomic mass is 10.2. The molecule has 1 aliphatic rings. The lowest BCUT2D eigenvalue weighted by Gasteiger charge is -2.34. The van der Waals surface area contributed by atoms with Crippen molar-refractivity contribution < 1.29 is 4.74 Å². The molecule has 1 saturated heterocycles. The smallest absolute Gasteiger partial charge is 0.129 e. The summed E-state index contributed by atoms with van der Waals surface area (Å²) in [6, 6.07) is 4.28. The molecule has 2 rings (SSSR count). The number of halogens is 1. The summed E-state index contributed by atoms with van der Waals surface area (Å²) in [4.78, 5) is 6.93. The Labute approximate surface area is 113 Å². The van der Waals surface area contributed by atoms with Crippen molar-refractivity contribution in [3.63, 3.8) is 0 Å². The summed E-state index contributed by atoms with van der Waals surface area (Å²) < 4.78 is 5.44. The summed E-state index contributed by atoms with van der Waals surface area (Å²) in [5.74, 6) is 0.989. The average molecular weight is 270 g/mol. The monoisotopic (exact) mass is 269 g/mol. The Morgan fingerprint density at radius 2 is 2.39 bits per heavy atom. The Balaban J connectivity index is 2.17. The molecule has 0 radical (unpaired) electrons. The zero-order valence-electron chi connectivity index (χ0n) is 10.9. The van der Waals surface area contributed by atoms with Gasteiger partial charge >= 0.3 is 0 Å². The Morgan fingerprint density at radius 1 is 1.56 bits per heavy atom. The maximum absolute atomic E-state index is 6.16. The fourth-order valence-corrected chi connectivity index (χ4v) is 2.24. The molecule has 0 aromatic carbocycles. The molecule has 100 valence electrons. The van der Waals surface area contributed by atoms with Gasteiger partial charge in [-0.1, -0.05) is 18.5 Å². The maximum atomic E-state index is 6.16. The molecule has 0 saturated carbocycles. The third-order valence-electron chi connectivity index (χ3n) is 3.11. The van der Waals surface area contributed by atoms with Crippen LogP contribution in [0.3, 0.4) is 0 Å². The van der Waals surface area contributed by atoms with Crippen molar-refractivity contribution in [1.82, 2.24) is 10.3 Å². The number of ether oxygens (including phenoxy) is 1. The molecule has 0 bridgehead atoms. The Hall–Kier alpha value is -0.840. The van der Waals surface area contributed by atoms with Crippen LogP contribution in [0.2, 0.25) is 5.02 Å². The summed E-state index contributed by atoms with van der Waals surface area (Å²) in [5.41, 5.74) is 0.912. The molecule has 0 amide bonds. The first kappa shape index (κ1) is 13.6. The number of aromatic nitrogens is 1. The fourth-order valence-electron chi connectivity index (χ4n) is 2.07. The van der Waals surface area contributed by atoms with Gasteiger partial charge in [0, 0.05) is 13.1 Å². The van der Waals surface area contributed by atoms with Gasteiger partial charge in [-0.25, -0.2) is 4.98 Å². The van der Waals surface area contributed by atoms with Gasteiger partial charge in [0.25, 0.3) is 0 Å². The van der Waals surface area contributed by atoms with Crippen molar-refractivity contribution in [3.8, 4) is 0 Å². The van der Waals surface area contributed by atoms with E-state index in [2.05, 4.69) is 29.0 Å². The van der Waals surface area contributed by atoms with Gasteiger partial charge in [0.05, 0.1) is 30.0 Å². The average Bonchev–Trinajstić information content (AvgIpc) is 2.39. The number of anilines is 1. The number of hydrogen-bond donors (Lipinski definition) is 1. The predicted molar refractivity (Wildman–Crippen MR) is 74.3 cm³/mol. The highest BCUT2D eigenvalue weighted by Gasteiger charge is 2.20. The first-order valence-electron chi connectivity index (χ1n) is 6.43. The van der Waals surface area contributed by atoms with Gasteiger partial charge in [0.15, 0.2) is 0 Å². The normalized spacial score (nSPS) is 20.2. The lowest BCUT2D eigenvalue weighted by molar-refractivity contribution is 0.0985. The van der Waals surface area contributed by atoms with Crippen molar-refractivity contribution in [2.24, 2.45) is 0 Å². The maximum Gasteiger partial charge on any atom is 0.129 e. The molecular formula is C13H20ClN3O. The molecule has 1 aromatic heterocycles. The van der Waals surface area contributed by atoms with E-state index in [1.807, 2.05) is 12.1 Å². The van der Waals surface area contributed by atoms with Gasteiger partial charge in [0.1, 0.15) is 5.82 Å². The predicted octanol–water partition coefficient (Wildman–Crippen LogP) is 2.07. The van der Waals surface area contributed by atoms with Crippen LogP contribution in [0, 0.1) is 0 Å². The van der Waals surface area contributed by atoms with E-state index in [9.17, 15) is 0 Å². The van der Waals surface area contributed by atoms with Crippen LogP contribution in [-0.4, -0.2) is 37.3 Å². The van der Waals surface area contributed by atoms with E-state index < -0.39 is 0 Å². The number of rotatable bonds is 4. The van der Waals surface area contributed by atoms with Crippen LogP contribution in [0.1, 0.15) is 19.5 Å². The third kappa shape index (κ3) is 3.13. The van der Waals surface area contributed by atoms with Crippen molar-refractivity contribution in [3.05, 3.63) is 22.8 Å². The van der Waals surface area contributed by atoms with Gasteiger partial charge in [-0.15, -0.1) is 0 Å². The van der Waals surface area contributed by atoms with Crippen LogP contribution >= 0.6 is 11.6 Å². The molecule has 1 unspecified atom stereocenters. The molecule has 0 aliphatic carbocycles. The number of morpholine rings is 1. The second-order valence-electron chi connectivity index (χ2n) is 4.50. The molecule has 2 heterocycles. The Bertz CT molecular complexity index is 400. The molecule has 1 atom stereocenters. The zero-order valence-corrected chi connectivity index (χ0v) is 11.7. The minimum absolute atomic E-state index is 0.361. The molecule has 0 spiro atoms. The lowest BCUT2D eigenvalue weighted by Crippen LogP contribution is -2.44. The van der Waals surface area contributed by atoms with Crippen LogP contribution in [-0.2, 0) is 11.3 Å². The van der Waals surface area contributed by atoms with E-state index in [0.717, 1.165) is 42.8 Å². The first-order valence-corrected chi connectivity index (χ1v) is 6.80. The number of pyridine rings is 1. The van der Waals surface area contributed by atoms with Gasteiger partial charge in [0.2, 0.25) is 0 Å². The minimum Gasteiger partial charge on any atom is -0.377 e. The zero-order chi connectivity index (χ0) is 13.0. The van der Waals surface area contributed by atoms with Crippen LogP contribution in [0.15, 0.2) is 12.1 Å². The van der Waals surface area contributed by atoms with Crippen LogP contribution in [0.25, 0.3) is 0 Å². The number of hydrogen-bond acceptors (Lipinski definition) is 4. The van der Waals surface area contributed by atoms with Gasteiger partial charge in [-0.05, 0) is 25.6 Å². The second-order valence-corrected chi connectivity index (χ2v) is 4.90. The molecule has 1 fully saturated rings. The van der Waals surface area contributed by atoms with E-state index >= 15 is 0 Å². The first-order chi connectivity index (χ1) is 8.72. The molecule has 5 heteroatoms. The summed E-state index contributed by atoms with van der Waals surface area (Å²) in [6.07, 6.45) is 0. The van der Waals surface area contributed by atoms with Crippen molar-refractivity contribution >= 4 is 17.4 Å². The molecule has 4 nitrogen and oxygen atoms in total. The molecule has 1 aliphatic heterocycles. The SMILES string of the molecule is CCNCc1nc(N2CCOCC2C)ccc1Cl. The summed E-state index contributed by atoms with van der Waals surface area (Å²) in [7, 11) is 0. The van der Waals surface area contributed by atoms with Gasteiger partial charge in [-0.2, -0.15) is 0 Å². The van der Waals surface area contributed by atoms with E-state index in [1.54, 1.807) is 0 Å². The van der Waals surface area contributed by atoms with E-state index in [1.165, 1.54) is 0 Å². The topological polar surface area (TPSA) is 37.4 Å².